The molecule has 6 nitrogen and oxygen atoms in total. The minimum atomic E-state index is -1.67. The molecule has 8 heteroatoms. The van der Waals surface area contributed by atoms with Crippen molar-refractivity contribution >= 4 is 75.5 Å². The van der Waals surface area contributed by atoms with Gasteiger partial charge in [-0.05, 0) is 0 Å². The summed E-state index contributed by atoms with van der Waals surface area (Å²) in [6.07, 6.45) is -6.39. The van der Waals surface area contributed by atoms with Gasteiger partial charge in [0.1, 0.15) is 24.4 Å². The van der Waals surface area contributed by atoms with Crippen molar-refractivity contribution < 1.29 is 30.6 Å². The first kappa shape index (κ1) is 21.6. The molecule has 0 aliphatic heterocycles. The molecule has 4 unspecified atom stereocenters. The summed E-state index contributed by atoms with van der Waals surface area (Å²) in [7, 11) is 0. The van der Waals surface area contributed by atoms with Gasteiger partial charge in [-0.15, -0.1) is 0 Å². The van der Waals surface area contributed by atoms with Gasteiger partial charge in [0, 0.05) is 0 Å². The Balaban J connectivity index is -0.000000605. The number of hydrogen-bond donors (Lipinski definition) is 6. The van der Waals surface area contributed by atoms with Gasteiger partial charge in [-0.1, -0.05) is 0 Å². The Bertz CT molecular complexity index is 113. The molecule has 0 aromatic rings. The number of rotatable bonds is 5. The number of aliphatic hydroxyl groups is 6. The van der Waals surface area contributed by atoms with Crippen LogP contribution < -0.4 is 0 Å². The van der Waals surface area contributed by atoms with Gasteiger partial charge in [-0.3, -0.25) is 0 Å². The summed E-state index contributed by atoms with van der Waals surface area (Å²) in [6.45, 7) is -1.45. The molecule has 14 heavy (non-hydrogen) atoms. The van der Waals surface area contributed by atoms with Crippen LogP contribution in [0.3, 0.4) is 0 Å². The first-order chi connectivity index (χ1) is 5.54. The molecule has 0 saturated heterocycles. The summed E-state index contributed by atoms with van der Waals surface area (Å²) in [5, 5.41) is 52.2. The molecule has 0 aliphatic rings. The monoisotopic (exact) mass is 266 g/mol. The zero-order valence-electron chi connectivity index (χ0n) is 6.41. The summed E-state index contributed by atoms with van der Waals surface area (Å²) in [6, 6.07) is 0. The van der Waals surface area contributed by atoms with Crippen molar-refractivity contribution in [2.45, 2.75) is 24.4 Å². The molecule has 0 saturated carbocycles. The second-order valence-electron chi connectivity index (χ2n) is 2.48. The zero-order valence-corrected chi connectivity index (χ0v) is 6.41. The molecule has 0 rings (SSSR count). The molecule has 0 bridgehead atoms. The molecule has 0 aliphatic carbocycles. The molecule has 0 amide bonds. The van der Waals surface area contributed by atoms with Crippen LogP contribution in [-0.4, -0.2) is 144 Å². The fourth-order valence-corrected chi connectivity index (χ4v) is 0.671. The molecule has 0 spiro atoms. The molecule has 0 heterocycles. The Morgan fingerprint density at radius 1 is 0.643 bits per heavy atom. The summed E-state index contributed by atoms with van der Waals surface area (Å²) in [4.78, 5) is 0. The summed E-state index contributed by atoms with van der Waals surface area (Å²) >= 11 is 0. The third-order valence-electron chi connectivity index (χ3n) is 1.51. The Morgan fingerprint density at radius 2 is 0.857 bits per heavy atom. The molecular formula is C6H18Ca2O6. The van der Waals surface area contributed by atoms with Gasteiger partial charge in [0.25, 0.3) is 0 Å². The van der Waals surface area contributed by atoms with Crippen LogP contribution in [0.25, 0.3) is 0 Å². The predicted molar refractivity (Wildman–Crippen MR) is 55.3 cm³/mol. The van der Waals surface area contributed by atoms with E-state index in [9.17, 15) is 0 Å². The molecule has 0 radical (unpaired) electrons. The first-order valence-electron chi connectivity index (χ1n) is 3.48. The van der Waals surface area contributed by atoms with Gasteiger partial charge in [-0.25, -0.2) is 0 Å². The summed E-state index contributed by atoms with van der Waals surface area (Å²) in [5.74, 6) is 0. The maximum absolute atomic E-state index is 8.96. The Hall–Kier alpha value is 2.28. The van der Waals surface area contributed by atoms with E-state index in [2.05, 4.69) is 0 Å². The number of aliphatic hydroxyl groups excluding tert-OH is 6. The third kappa shape index (κ3) is 7.54. The Labute approximate surface area is 142 Å². The van der Waals surface area contributed by atoms with Crippen LogP contribution in [-0.2, 0) is 0 Å². The van der Waals surface area contributed by atoms with Crippen molar-refractivity contribution in [1.29, 1.82) is 0 Å². The van der Waals surface area contributed by atoms with E-state index in [1.54, 1.807) is 0 Å². The normalized spacial score (nSPS) is 18.4. The average Bonchev–Trinajstić information content (AvgIpc) is 2.12. The molecule has 0 fully saturated rings. The van der Waals surface area contributed by atoms with Gasteiger partial charge in [0.15, 0.2) is 0 Å². The van der Waals surface area contributed by atoms with E-state index in [0.717, 1.165) is 0 Å². The van der Waals surface area contributed by atoms with Crippen molar-refractivity contribution in [3.05, 3.63) is 0 Å². The third-order valence-corrected chi connectivity index (χ3v) is 1.51. The molecule has 6 N–H and O–H groups in total. The van der Waals surface area contributed by atoms with E-state index in [0.29, 0.717) is 0 Å². The minimum absolute atomic E-state index is 0. The number of hydrogen-bond acceptors (Lipinski definition) is 6. The average molecular weight is 266 g/mol. The van der Waals surface area contributed by atoms with Gasteiger partial charge < -0.3 is 30.6 Å². The first-order valence-corrected chi connectivity index (χ1v) is 3.48. The van der Waals surface area contributed by atoms with E-state index in [4.69, 9.17) is 30.6 Å². The van der Waals surface area contributed by atoms with Crippen LogP contribution in [0.5, 0.6) is 0 Å². The van der Waals surface area contributed by atoms with Crippen LogP contribution in [0.15, 0.2) is 0 Å². The van der Waals surface area contributed by atoms with E-state index < -0.39 is 37.6 Å². The van der Waals surface area contributed by atoms with Crippen LogP contribution in [0.1, 0.15) is 0 Å². The predicted octanol–water partition coefficient (Wildman–Crippen LogP) is -5.42. The Morgan fingerprint density at radius 3 is 1.00 bits per heavy atom. The van der Waals surface area contributed by atoms with Crippen molar-refractivity contribution in [3.8, 4) is 0 Å². The topological polar surface area (TPSA) is 121 Å². The van der Waals surface area contributed by atoms with E-state index in [1.165, 1.54) is 0 Å². The van der Waals surface area contributed by atoms with E-state index in [1.807, 2.05) is 0 Å². The molecule has 0 aromatic carbocycles. The molecule has 82 valence electrons. The van der Waals surface area contributed by atoms with Crippen molar-refractivity contribution in [3.63, 3.8) is 0 Å². The van der Waals surface area contributed by atoms with Crippen LogP contribution in [0.2, 0.25) is 0 Å². The van der Waals surface area contributed by atoms with Crippen LogP contribution in [0, 0.1) is 0 Å². The van der Waals surface area contributed by atoms with Crippen LogP contribution >= 0.6 is 0 Å². The van der Waals surface area contributed by atoms with Gasteiger partial charge in [-0.2, -0.15) is 0 Å². The van der Waals surface area contributed by atoms with Gasteiger partial charge in [0.05, 0.1) is 13.2 Å². The van der Waals surface area contributed by atoms with Gasteiger partial charge in [0.2, 0.25) is 0 Å². The standard InChI is InChI=1S/C6H14O6.2Ca.4H/c7-1-3(9)5(11)6(12)4(10)2-8;;;;;;/h3-12H,1-2H2;;;;;;. The second kappa shape index (κ2) is 11.8. The molecular weight excluding hydrogens is 248 g/mol. The van der Waals surface area contributed by atoms with E-state index in [-0.39, 0.29) is 75.5 Å². The second-order valence-corrected chi connectivity index (χ2v) is 2.48. The van der Waals surface area contributed by atoms with Crippen molar-refractivity contribution in [1.82, 2.24) is 0 Å². The summed E-state index contributed by atoms with van der Waals surface area (Å²) < 4.78 is 0. The van der Waals surface area contributed by atoms with Crippen LogP contribution in [0.4, 0.5) is 0 Å². The molecule has 4 atom stereocenters. The Kier molecular flexibility index (Phi) is 18.1. The van der Waals surface area contributed by atoms with Crippen molar-refractivity contribution in [2.24, 2.45) is 0 Å². The fourth-order valence-electron chi connectivity index (χ4n) is 0.671. The fraction of sp³-hybridized carbons (Fsp3) is 1.00. The van der Waals surface area contributed by atoms with E-state index >= 15 is 0 Å². The SMILES string of the molecule is OCC(O)C(O)C(O)C(O)CO.[CaH2].[CaH2]. The van der Waals surface area contributed by atoms with Crippen molar-refractivity contribution in [2.75, 3.05) is 13.2 Å². The summed E-state index contributed by atoms with van der Waals surface area (Å²) in [5.41, 5.74) is 0. The quantitative estimate of drug-likeness (QED) is 0.276. The van der Waals surface area contributed by atoms with Gasteiger partial charge >= 0.3 is 75.5 Å². The molecule has 0 aromatic heterocycles. The maximum atomic E-state index is 8.96. The zero-order chi connectivity index (χ0) is 9.72.